The van der Waals surface area contributed by atoms with Crippen LogP contribution in [0.2, 0.25) is 0 Å². The first-order valence-corrected chi connectivity index (χ1v) is 6.17. The number of allylic oxidation sites excluding steroid dienone is 2. The van der Waals surface area contributed by atoms with Gasteiger partial charge in [-0.05, 0) is 44.4 Å². The van der Waals surface area contributed by atoms with Gasteiger partial charge in [0.1, 0.15) is 5.78 Å². The van der Waals surface area contributed by atoms with Crippen molar-refractivity contribution >= 4 is 5.78 Å². The molecule has 2 aliphatic carbocycles. The van der Waals surface area contributed by atoms with Gasteiger partial charge in [-0.3, -0.25) is 4.79 Å². The molecule has 1 fully saturated rings. The van der Waals surface area contributed by atoms with E-state index in [0.717, 1.165) is 25.7 Å². The Balaban J connectivity index is 2.26. The molecule has 0 heterocycles. The van der Waals surface area contributed by atoms with E-state index in [-0.39, 0.29) is 10.8 Å². The lowest BCUT2D eigenvalue weighted by atomic mass is 9.58. The SMILES string of the molecule is CC1=CCC(C)(C2(C)CCCC2=O)CC1. The molecule has 2 aliphatic rings. The Labute approximate surface area is 92.9 Å². The smallest absolute Gasteiger partial charge is 0.139 e. The van der Waals surface area contributed by atoms with Gasteiger partial charge in [0.2, 0.25) is 0 Å². The first-order chi connectivity index (χ1) is 6.98. The Morgan fingerprint density at radius 1 is 1.20 bits per heavy atom. The molecule has 0 aromatic carbocycles. The van der Waals surface area contributed by atoms with Gasteiger partial charge in [-0.2, -0.15) is 0 Å². The van der Waals surface area contributed by atoms with Crippen molar-refractivity contribution in [3.63, 3.8) is 0 Å². The summed E-state index contributed by atoms with van der Waals surface area (Å²) >= 11 is 0. The highest BCUT2D eigenvalue weighted by Crippen LogP contribution is 2.55. The van der Waals surface area contributed by atoms with Gasteiger partial charge in [0.25, 0.3) is 0 Å². The Hall–Kier alpha value is -0.590. The molecule has 2 rings (SSSR count). The average molecular weight is 206 g/mol. The van der Waals surface area contributed by atoms with Crippen molar-refractivity contribution in [1.29, 1.82) is 0 Å². The summed E-state index contributed by atoms with van der Waals surface area (Å²) in [5.74, 6) is 0.512. The van der Waals surface area contributed by atoms with Crippen molar-refractivity contribution in [2.75, 3.05) is 0 Å². The van der Waals surface area contributed by atoms with E-state index >= 15 is 0 Å². The van der Waals surface area contributed by atoms with Gasteiger partial charge in [-0.1, -0.05) is 25.5 Å². The minimum absolute atomic E-state index is 0.0375. The maximum atomic E-state index is 12.1. The van der Waals surface area contributed by atoms with Gasteiger partial charge in [0, 0.05) is 11.8 Å². The molecule has 0 aliphatic heterocycles. The van der Waals surface area contributed by atoms with Gasteiger partial charge in [-0.15, -0.1) is 0 Å². The van der Waals surface area contributed by atoms with Crippen LogP contribution in [0.1, 0.15) is 59.3 Å². The van der Waals surface area contributed by atoms with E-state index in [9.17, 15) is 4.79 Å². The van der Waals surface area contributed by atoms with Gasteiger partial charge < -0.3 is 0 Å². The predicted octanol–water partition coefficient (Wildman–Crippen LogP) is 3.88. The number of carbonyl (C=O) groups is 1. The van der Waals surface area contributed by atoms with Crippen LogP contribution in [-0.4, -0.2) is 5.78 Å². The Morgan fingerprint density at radius 2 is 1.93 bits per heavy atom. The van der Waals surface area contributed by atoms with E-state index in [2.05, 4.69) is 26.8 Å². The van der Waals surface area contributed by atoms with E-state index in [0.29, 0.717) is 5.78 Å². The third-order valence-electron chi connectivity index (χ3n) is 5.00. The molecule has 1 saturated carbocycles. The maximum Gasteiger partial charge on any atom is 0.139 e. The van der Waals surface area contributed by atoms with E-state index in [1.54, 1.807) is 0 Å². The molecular weight excluding hydrogens is 184 g/mol. The normalized spacial score (nSPS) is 41.8. The van der Waals surface area contributed by atoms with Crippen LogP contribution >= 0.6 is 0 Å². The molecule has 0 amide bonds. The van der Waals surface area contributed by atoms with Crippen LogP contribution in [0.5, 0.6) is 0 Å². The van der Waals surface area contributed by atoms with Crippen LogP contribution in [-0.2, 0) is 4.79 Å². The van der Waals surface area contributed by atoms with Crippen LogP contribution in [0.15, 0.2) is 11.6 Å². The van der Waals surface area contributed by atoms with Crippen molar-refractivity contribution in [2.45, 2.75) is 59.3 Å². The zero-order chi connectivity index (χ0) is 11.1. The minimum atomic E-state index is -0.0375. The fraction of sp³-hybridized carbons (Fsp3) is 0.786. The van der Waals surface area contributed by atoms with Gasteiger partial charge >= 0.3 is 0 Å². The highest BCUT2D eigenvalue weighted by atomic mass is 16.1. The summed E-state index contributed by atoms with van der Waals surface area (Å²) in [6.45, 7) is 6.73. The third-order valence-corrected chi connectivity index (χ3v) is 5.00. The molecule has 84 valence electrons. The average Bonchev–Trinajstić information content (AvgIpc) is 2.54. The second-order valence-corrected chi connectivity index (χ2v) is 5.92. The van der Waals surface area contributed by atoms with Crippen molar-refractivity contribution in [3.8, 4) is 0 Å². The van der Waals surface area contributed by atoms with E-state index < -0.39 is 0 Å². The van der Waals surface area contributed by atoms with Gasteiger partial charge in [0.05, 0.1) is 0 Å². The summed E-state index contributed by atoms with van der Waals surface area (Å²) in [5, 5.41) is 0. The second kappa shape index (κ2) is 3.47. The van der Waals surface area contributed by atoms with Crippen LogP contribution in [0.4, 0.5) is 0 Å². The summed E-state index contributed by atoms with van der Waals surface area (Å²) in [4.78, 5) is 12.1. The summed E-state index contributed by atoms with van der Waals surface area (Å²) in [6, 6.07) is 0. The first kappa shape index (κ1) is 10.9. The molecule has 2 unspecified atom stereocenters. The molecule has 0 aromatic rings. The number of rotatable bonds is 1. The molecule has 1 nitrogen and oxygen atoms in total. The largest absolute Gasteiger partial charge is 0.299 e. The third kappa shape index (κ3) is 1.56. The van der Waals surface area contributed by atoms with Crippen LogP contribution in [0, 0.1) is 10.8 Å². The highest BCUT2D eigenvalue weighted by molar-refractivity contribution is 5.87. The predicted molar refractivity (Wildman–Crippen MR) is 62.7 cm³/mol. The Bertz CT molecular complexity index is 315. The van der Waals surface area contributed by atoms with Crippen LogP contribution in [0.3, 0.4) is 0 Å². The molecule has 0 aromatic heterocycles. The number of hydrogen-bond acceptors (Lipinski definition) is 1. The molecule has 2 atom stereocenters. The topological polar surface area (TPSA) is 17.1 Å². The zero-order valence-corrected chi connectivity index (χ0v) is 10.2. The highest BCUT2D eigenvalue weighted by Gasteiger charge is 2.51. The molecule has 1 heteroatoms. The zero-order valence-electron chi connectivity index (χ0n) is 10.2. The monoisotopic (exact) mass is 206 g/mol. The van der Waals surface area contributed by atoms with Crippen molar-refractivity contribution in [1.82, 2.24) is 0 Å². The molecule has 0 saturated heterocycles. The molecule has 0 N–H and O–H groups in total. The molecular formula is C14H22O. The minimum Gasteiger partial charge on any atom is -0.299 e. The Kier molecular flexibility index (Phi) is 2.52. The van der Waals surface area contributed by atoms with E-state index in [1.165, 1.54) is 18.4 Å². The van der Waals surface area contributed by atoms with Gasteiger partial charge in [-0.25, -0.2) is 0 Å². The number of carbonyl (C=O) groups excluding carboxylic acids is 1. The lowest BCUT2D eigenvalue weighted by Crippen LogP contribution is -2.41. The Morgan fingerprint density at radius 3 is 2.40 bits per heavy atom. The second-order valence-electron chi connectivity index (χ2n) is 5.92. The quantitative estimate of drug-likeness (QED) is 0.595. The molecule has 0 bridgehead atoms. The number of hydrogen-bond donors (Lipinski definition) is 0. The summed E-state index contributed by atoms with van der Waals surface area (Å²) in [7, 11) is 0. The summed E-state index contributed by atoms with van der Waals surface area (Å²) in [5.41, 5.74) is 1.69. The maximum absolute atomic E-state index is 12.1. The standard InChI is InChI=1S/C14H22O/c1-11-6-9-13(2,10-7-11)14(3)8-4-5-12(14)15/h6H,4-5,7-10H2,1-3H3. The fourth-order valence-electron chi connectivity index (χ4n) is 3.23. The molecule has 15 heavy (non-hydrogen) atoms. The number of ketones is 1. The summed E-state index contributed by atoms with van der Waals surface area (Å²) < 4.78 is 0. The summed E-state index contributed by atoms with van der Waals surface area (Å²) in [6.07, 6.45) is 8.84. The fourth-order valence-corrected chi connectivity index (χ4v) is 3.23. The van der Waals surface area contributed by atoms with Gasteiger partial charge in [0.15, 0.2) is 0 Å². The van der Waals surface area contributed by atoms with E-state index in [4.69, 9.17) is 0 Å². The first-order valence-electron chi connectivity index (χ1n) is 6.17. The molecule has 0 spiro atoms. The van der Waals surface area contributed by atoms with Crippen molar-refractivity contribution < 1.29 is 4.79 Å². The van der Waals surface area contributed by atoms with E-state index in [1.807, 2.05) is 0 Å². The number of Topliss-reactive ketones (excluding diaryl/α,β-unsaturated/α-hetero) is 1. The molecule has 0 radical (unpaired) electrons. The van der Waals surface area contributed by atoms with Crippen molar-refractivity contribution in [2.24, 2.45) is 10.8 Å². The lowest BCUT2D eigenvalue weighted by Gasteiger charge is -2.45. The van der Waals surface area contributed by atoms with Crippen LogP contribution in [0.25, 0.3) is 0 Å². The van der Waals surface area contributed by atoms with Crippen LogP contribution < -0.4 is 0 Å². The van der Waals surface area contributed by atoms with Crippen molar-refractivity contribution in [3.05, 3.63) is 11.6 Å². The lowest BCUT2D eigenvalue weighted by molar-refractivity contribution is -0.132.